The topological polar surface area (TPSA) is 35.2 Å². The third kappa shape index (κ3) is 2.18. The number of nitrogens with two attached hydrogens (primary N) is 1. The van der Waals surface area contributed by atoms with Crippen molar-refractivity contribution in [3.8, 4) is 5.75 Å². The first kappa shape index (κ1) is 9.99. The van der Waals surface area contributed by atoms with Gasteiger partial charge in [0, 0.05) is 6.04 Å². The highest BCUT2D eigenvalue weighted by atomic mass is 19.1. The molecule has 0 amide bonds. The first-order valence-corrected chi connectivity index (χ1v) is 4.28. The molecule has 0 heterocycles. The normalized spacial score (nSPS) is 12.6. The monoisotopic (exact) mass is 183 g/mol. The maximum atomic E-state index is 13.2. The van der Waals surface area contributed by atoms with Crippen molar-refractivity contribution in [3.63, 3.8) is 0 Å². The van der Waals surface area contributed by atoms with Gasteiger partial charge in [-0.3, -0.25) is 0 Å². The van der Waals surface area contributed by atoms with Crippen LogP contribution in [-0.2, 0) is 0 Å². The summed E-state index contributed by atoms with van der Waals surface area (Å²) in [4.78, 5) is 0. The number of ether oxygens (including phenoxy) is 1. The molecule has 1 aromatic rings. The zero-order valence-electron chi connectivity index (χ0n) is 7.88. The number of hydrogen-bond acceptors (Lipinski definition) is 2. The van der Waals surface area contributed by atoms with Crippen molar-refractivity contribution in [3.05, 3.63) is 29.6 Å². The predicted molar refractivity (Wildman–Crippen MR) is 50.2 cm³/mol. The van der Waals surface area contributed by atoms with Crippen LogP contribution in [0, 0.1) is 5.82 Å². The molecule has 0 aliphatic rings. The molecule has 0 saturated heterocycles. The average molecular weight is 183 g/mol. The third-order valence-electron chi connectivity index (χ3n) is 2.04. The van der Waals surface area contributed by atoms with Gasteiger partial charge in [0.15, 0.2) is 11.6 Å². The van der Waals surface area contributed by atoms with E-state index >= 15 is 0 Å². The molecular formula is C10H14FNO. The highest BCUT2D eigenvalue weighted by Gasteiger charge is 2.07. The maximum absolute atomic E-state index is 13.2. The van der Waals surface area contributed by atoms with E-state index in [4.69, 9.17) is 10.5 Å². The van der Waals surface area contributed by atoms with Gasteiger partial charge in [0.2, 0.25) is 0 Å². The average Bonchev–Trinajstić information content (AvgIpc) is 2.16. The molecule has 13 heavy (non-hydrogen) atoms. The van der Waals surface area contributed by atoms with E-state index in [9.17, 15) is 4.39 Å². The summed E-state index contributed by atoms with van der Waals surface area (Å²) in [5, 5.41) is 0. The molecule has 0 aliphatic heterocycles. The lowest BCUT2D eigenvalue weighted by atomic mass is 10.1. The smallest absolute Gasteiger partial charge is 0.165 e. The van der Waals surface area contributed by atoms with Crippen LogP contribution in [0.2, 0.25) is 0 Å². The molecule has 0 unspecified atom stereocenters. The summed E-state index contributed by atoms with van der Waals surface area (Å²) < 4.78 is 18.0. The minimum absolute atomic E-state index is 0.0968. The van der Waals surface area contributed by atoms with E-state index in [1.54, 1.807) is 12.1 Å². The van der Waals surface area contributed by atoms with E-state index in [0.29, 0.717) is 0 Å². The van der Waals surface area contributed by atoms with Crippen LogP contribution in [0.1, 0.15) is 24.9 Å². The van der Waals surface area contributed by atoms with Crippen molar-refractivity contribution in [1.82, 2.24) is 0 Å². The standard InChI is InChI=1S/C10H14FNO/c1-3-9(12)7-4-5-10(13-2)8(11)6-7/h4-6,9H,3,12H2,1-2H3/t9-/m1/s1. The first-order chi connectivity index (χ1) is 6.19. The Bertz CT molecular complexity index is 288. The lowest BCUT2D eigenvalue weighted by molar-refractivity contribution is 0.386. The Morgan fingerprint density at radius 1 is 1.54 bits per heavy atom. The molecule has 72 valence electrons. The Labute approximate surface area is 77.5 Å². The zero-order chi connectivity index (χ0) is 9.84. The number of methoxy groups -OCH3 is 1. The van der Waals surface area contributed by atoms with E-state index in [2.05, 4.69) is 0 Å². The van der Waals surface area contributed by atoms with Crippen LogP contribution < -0.4 is 10.5 Å². The molecule has 0 bridgehead atoms. The molecule has 0 saturated carbocycles. The highest BCUT2D eigenvalue weighted by Crippen LogP contribution is 2.21. The largest absolute Gasteiger partial charge is 0.494 e. The van der Waals surface area contributed by atoms with E-state index in [-0.39, 0.29) is 17.6 Å². The summed E-state index contributed by atoms with van der Waals surface area (Å²) >= 11 is 0. The number of hydrogen-bond donors (Lipinski definition) is 1. The van der Waals surface area contributed by atoms with Crippen molar-refractivity contribution in [2.75, 3.05) is 7.11 Å². The Kier molecular flexibility index (Phi) is 3.25. The molecule has 3 heteroatoms. The molecule has 0 radical (unpaired) electrons. The SMILES string of the molecule is CC[C@@H](N)c1ccc(OC)c(F)c1. The van der Waals surface area contributed by atoms with Gasteiger partial charge in [0.1, 0.15) is 0 Å². The second-order valence-corrected chi connectivity index (χ2v) is 2.91. The molecule has 2 N–H and O–H groups in total. The molecule has 0 aromatic heterocycles. The minimum Gasteiger partial charge on any atom is -0.494 e. The lowest BCUT2D eigenvalue weighted by Crippen LogP contribution is -2.08. The molecule has 0 aliphatic carbocycles. The van der Waals surface area contributed by atoms with E-state index in [1.807, 2.05) is 6.92 Å². The molecule has 0 fully saturated rings. The summed E-state index contributed by atoms with van der Waals surface area (Å²) in [6.45, 7) is 1.97. The molecular weight excluding hydrogens is 169 g/mol. The fourth-order valence-electron chi connectivity index (χ4n) is 1.15. The van der Waals surface area contributed by atoms with E-state index in [0.717, 1.165) is 12.0 Å². The Morgan fingerprint density at radius 2 is 2.23 bits per heavy atom. The van der Waals surface area contributed by atoms with Gasteiger partial charge in [-0.05, 0) is 24.1 Å². The minimum atomic E-state index is -0.357. The van der Waals surface area contributed by atoms with Crippen LogP contribution in [-0.4, -0.2) is 7.11 Å². The van der Waals surface area contributed by atoms with Gasteiger partial charge in [-0.1, -0.05) is 13.0 Å². The fourth-order valence-corrected chi connectivity index (χ4v) is 1.15. The summed E-state index contributed by atoms with van der Waals surface area (Å²) in [7, 11) is 1.44. The lowest BCUT2D eigenvalue weighted by Gasteiger charge is -2.10. The number of rotatable bonds is 3. The third-order valence-corrected chi connectivity index (χ3v) is 2.04. The van der Waals surface area contributed by atoms with Crippen molar-refractivity contribution in [2.24, 2.45) is 5.73 Å². The van der Waals surface area contributed by atoms with Gasteiger partial charge in [-0.15, -0.1) is 0 Å². The predicted octanol–water partition coefficient (Wildman–Crippen LogP) is 2.24. The molecule has 1 atom stereocenters. The van der Waals surface area contributed by atoms with Crippen LogP contribution in [0.15, 0.2) is 18.2 Å². The van der Waals surface area contributed by atoms with Crippen LogP contribution >= 0.6 is 0 Å². The second kappa shape index (κ2) is 4.23. The summed E-state index contributed by atoms with van der Waals surface area (Å²) in [5.74, 6) is -0.101. The number of benzene rings is 1. The Hall–Kier alpha value is -1.09. The summed E-state index contributed by atoms with van der Waals surface area (Å²) in [5.41, 5.74) is 6.55. The Balaban J connectivity index is 2.95. The fraction of sp³-hybridized carbons (Fsp3) is 0.400. The van der Waals surface area contributed by atoms with Crippen molar-refractivity contribution in [2.45, 2.75) is 19.4 Å². The van der Waals surface area contributed by atoms with Crippen molar-refractivity contribution in [1.29, 1.82) is 0 Å². The van der Waals surface area contributed by atoms with E-state index < -0.39 is 0 Å². The zero-order valence-corrected chi connectivity index (χ0v) is 7.88. The summed E-state index contributed by atoms with van der Waals surface area (Å²) in [6.07, 6.45) is 0.797. The van der Waals surface area contributed by atoms with Crippen molar-refractivity contribution >= 4 is 0 Å². The van der Waals surface area contributed by atoms with Gasteiger partial charge in [0.05, 0.1) is 7.11 Å². The van der Waals surface area contributed by atoms with Gasteiger partial charge in [-0.25, -0.2) is 4.39 Å². The molecule has 1 rings (SSSR count). The van der Waals surface area contributed by atoms with Gasteiger partial charge in [0.25, 0.3) is 0 Å². The van der Waals surface area contributed by atoms with Crippen molar-refractivity contribution < 1.29 is 9.13 Å². The molecule has 0 spiro atoms. The first-order valence-electron chi connectivity index (χ1n) is 4.28. The Morgan fingerprint density at radius 3 is 2.69 bits per heavy atom. The van der Waals surface area contributed by atoms with Crippen LogP contribution in [0.5, 0.6) is 5.75 Å². The number of halogens is 1. The van der Waals surface area contributed by atoms with Crippen LogP contribution in [0.4, 0.5) is 4.39 Å². The van der Waals surface area contributed by atoms with Crippen LogP contribution in [0.25, 0.3) is 0 Å². The van der Waals surface area contributed by atoms with E-state index in [1.165, 1.54) is 13.2 Å². The van der Waals surface area contributed by atoms with Gasteiger partial charge in [-0.2, -0.15) is 0 Å². The highest BCUT2D eigenvalue weighted by molar-refractivity contribution is 5.30. The maximum Gasteiger partial charge on any atom is 0.165 e. The summed E-state index contributed by atoms with van der Waals surface area (Å²) in [6, 6.07) is 4.71. The molecule has 1 aromatic carbocycles. The van der Waals surface area contributed by atoms with Gasteiger partial charge >= 0.3 is 0 Å². The molecule has 2 nitrogen and oxygen atoms in total. The van der Waals surface area contributed by atoms with Gasteiger partial charge < -0.3 is 10.5 Å². The quantitative estimate of drug-likeness (QED) is 0.780. The second-order valence-electron chi connectivity index (χ2n) is 2.91. The van der Waals surface area contributed by atoms with Crippen LogP contribution in [0.3, 0.4) is 0 Å².